The molecule has 10 heteroatoms. The number of hydrogen-bond acceptors (Lipinski definition) is 4. The lowest BCUT2D eigenvalue weighted by Gasteiger charge is -2.40. The second kappa shape index (κ2) is 9.23. The molecule has 1 unspecified atom stereocenters. The Morgan fingerprint density at radius 3 is 2.30 bits per heavy atom. The third-order valence-electron chi connectivity index (χ3n) is 5.46. The molecule has 2 aliphatic rings. The summed E-state index contributed by atoms with van der Waals surface area (Å²) in [5.74, 6) is -1.79. The Morgan fingerprint density at radius 1 is 1.27 bits per heavy atom. The molecular formula is C20H29F3N2O4S. The number of piperidine rings is 1. The van der Waals surface area contributed by atoms with Gasteiger partial charge in [-0.05, 0) is 75.7 Å². The zero-order valence-corrected chi connectivity index (χ0v) is 18.4. The number of halogens is 3. The third-order valence-corrected chi connectivity index (χ3v) is 7.03. The summed E-state index contributed by atoms with van der Waals surface area (Å²) in [6.07, 6.45) is -1.87. The smallest absolute Gasteiger partial charge is 0.490 e. The first-order valence-electron chi connectivity index (χ1n) is 9.66. The van der Waals surface area contributed by atoms with Gasteiger partial charge in [0.1, 0.15) is 5.75 Å². The number of methoxy groups -OCH3 is 1. The van der Waals surface area contributed by atoms with Crippen molar-refractivity contribution in [3.8, 4) is 5.75 Å². The van der Waals surface area contributed by atoms with Gasteiger partial charge < -0.3 is 15.2 Å². The predicted molar refractivity (Wildman–Crippen MR) is 109 cm³/mol. The maximum atomic E-state index is 12.8. The number of aliphatic carboxylic acids is 1. The number of benzene rings is 1. The standard InChI is InChI=1S/C18H28N2O2S.C2HF3O2/c1-17(2,3)23(21)20-16-13-6-5-7-15(22-4)14(13)12-18(16)8-10-19-11-9-18;3-2(4,5)1(6)7/h5-7,16,19-20H,8-12H2,1-4H3;(H,6,7)/t16-,23?;/m1./s1. The van der Waals surface area contributed by atoms with E-state index < -0.39 is 23.1 Å². The number of rotatable bonds is 3. The van der Waals surface area contributed by atoms with E-state index in [0.717, 1.165) is 38.1 Å². The molecule has 0 bridgehead atoms. The van der Waals surface area contributed by atoms with Gasteiger partial charge >= 0.3 is 12.1 Å². The van der Waals surface area contributed by atoms with Crippen LogP contribution in [0.2, 0.25) is 0 Å². The molecule has 1 aliphatic carbocycles. The van der Waals surface area contributed by atoms with Crippen LogP contribution in [-0.4, -0.2) is 46.4 Å². The fourth-order valence-electron chi connectivity index (χ4n) is 3.88. The van der Waals surface area contributed by atoms with E-state index in [-0.39, 0.29) is 16.2 Å². The van der Waals surface area contributed by atoms with Crippen LogP contribution in [0.15, 0.2) is 18.2 Å². The minimum Gasteiger partial charge on any atom is -0.496 e. The molecule has 1 aliphatic heterocycles. The molecule has 0 radical (unpaired) electrons. The van der Waals surface area contributed by atoms with Crippen LogP contribution in [0.1, 0.15) is 50.8 Å². The topological polar surface area (TPSA) is 87.7 Å². The number of fused-ring (bicyclic) bond motifs is 1. The van der Waals surface area contributed by atoms with Gasteiger partial charge in [0.2, 0.25) is 0 Å². The summed E-state index contributed by atoms with van der Waals surface area (Å²) < 4.78 is 53.3. The Kier molecular flexibility index (Phi) is 7.58. The first-order valence-corrected chi connectivity index (χ1v) is 10.8. The summed E-state index contributed by atoms with van der Waals surface area (Å²) in [5, 5.41) is 10.6. The molecule has 1 saturated heterocycles. The maximum absolute atomic E-state index is 12.8. The third kappa shape index (κ3) is 5.53. The lowest BCUT2D eigenvalue weighted by Crippen LogP contribution is -2.46. The van der Waals surface area contributed by atoms with Gasteiger partial charge in [0.05, 0.1) is 28.9 Å². The molecule has 170 valence electrons. The van der Waals surface area contributed by atoms with Gasteiger partial charge in [-0.2, -0.15) is 13.2 Å². The van der Waals surface area contributed by atoms with E-state index in [0.29, 0.717) is 0 Å². The lowest BCUT2D eigenvalue weighted by molar-refractivity contribution is -0.192. The zero-order chi connectivity index (χ0) is 22.7. The number of carboxylic acid groups (broad SMARTS) is 1. The van der Waals surface area contributed by atoms with Gasteiger partial charge in [0.25, 0.3) is 0 Å². The average molecular weight is 451 g/mol. The molecule has 1 heterocycles. The summed E-state index contributed by atoms with van der Waals surface area (Å²) in [5.41, 5.74) is 2.70. The molecule has 0 amide bonds. The molecule has 1 aromatic rings. The Balaban J connectivity index is 0.000000396. The Labute approximate surface area is 177 Å². The molecular weight excluding hydrogens is 421 g/mol. The van der Waals surface area contributed by atoms with Crippen molar-refractivity contribution in [2.75, 3.05) is 20.2 Å². The van der Waals surface area contributed by atoms with Crippen LogP contribution < -0.4 is 14.8 Å². The van der Waals surface area contributed by atoms with Crippen LogP contribution in [0.5, 0.6) is 5.75 Å². The van der Waals surface area contributed by atoms with E-state index in [1.54, 1.807) is 7.11 Å². The molecule has 6 nitrogen and oxygen atoms in total. The number of carboxylic acids is 1. The molecule has 3 N–H and O–H groups in total. The highest BCUT2D eigenvalue weighted by Gasteiger charge is 2.48. The first-order chi connectivity index (χ1) is 13.8. The summed E-state index contributed by atoms with van der Waals surface area (Å²) in [6, 6.07) is 6.39. The van der Waals surface area contributed by atoms with Gasteiger partial charge in [-0.15, -0.1) is 0 Å². The highest BCUT2D eigenvalue weighted by molar-refractivity contribution is 7.84. The fraction of sp³-hybridized carbons (Fsp3) is 0.650. The van der Waals surface area contributed by atoms with E-state index in [2.05, 4.69) is 16.1 Å². The van der Waals surface area contributed by atoms with E-state index in [1.165, 1.54) is 11.1 Å². The Morgan fingerprint density at radius 2 is 1.83 bits per heavy atom. The van der Waals surface area contributed by atoms with Gasteiger partial charge in [-0.3, -0.25) is 0 Å². The van der Waals surface area contributed by atoms with Crippen molar-refractivity contribution in [1.29, 1.82) is 0 Å². The Bertz CT molecular complexity index is 787. The second-order valence-electron chi connectivity index (χ2n) is 8.55. The van der Waals surface area contributed by atoms with Crippen molar-refractivity contribution in [3.63, 3.8) is 0 Å². The molecule has 1 aromatic carbocycles. The quantitative estimate of drug-likeness (QED) is 0.658. The number of alkyl halides is 3. The van der Waals surface area contributed by atoms with E-state index in [9.17, 15) is 17.4 Å². The van der Waals surface area contributed by atoms with Gasteiger partial charge in [-0.1, -0.05) is 12.1 Å². The van der Waals surface area contributed by atoms with Crippen molar-refractivity contribution >= 4 is 17.0 Å². The largest absolute Gasteiger partial charge is 0.496 e. The van der Waals surface area contributed by atoms with Crippen molar-refractivity contribution in [2.24, 2.45) is 5.41 Å². The van der Waals surface area contributed by atoms with Crippen molar-refractivity contribution < 1.29 is 32.0 Å². The minimum atomic E-state index is -5.08. The van der Waals surface area contributed by atoms with Gasteiger partial charge in [0.15, 0.2) is 0 Å². The van der Waals surface area contributed by atoms with Gasteiger partial charge in [-0.25, -0.2) is 13.7 Å². The summed E-state index contributed by atoms with van der Waals surface area (Å²) >= 11 is 0. The molecule has 30 heavy (non-hydrogen) atoms. The number of carbonyl (C=O) groups is 1. The van der Waals surface area contributed by atoms with Crippen LogP contribution in [0.25, 0.3) is 0 Å². The summed E-state index contributed by atoms with van der Waals surface area (Å²) in [6.45, 7) is 8.11. The van der Waals surface area contributed by atoms with E-state index in [4.69, 9.17) is 14.6 Å². The fourth-order valence-corrected chi connectivity index (χ4v) is 4.82. The molecule has 3 rings (SSSR count). The second-order valence-corrected chi connectivity index (χ2v) is 10.5. The Hall–Kier alpha value is -1.65. The van der Waals surface area contributed by atoms with Crippen molar-refractivity contribution in [3.05, 3.63) is 29.3 Å². The first kappa shape index (κ1) is 24.6. The van der Waals surface area contributed by atoms with Gasteiger partial charge in [0, 0.05) is 0 Å². The molecule has 1 spiro atoms. The molecule has 1 fully saturated rings. The minimum absolute atomic E-state index is 0.134. The van der Waals surface area contributed by atoms with Crippen LogP contribution >= 0.6 is 0 Å². The maximum Gasteiger partial charge on any atom is 0.490 e. The monoisotopic (exact) mass is 450 g/mol. The molecule has 0 saturated carbocycles. The number of ether oxygens (including phenoxy) is 1. The van der Waals surface area contributed by atoms with Crippen LogP contribution in [0.4, 0.5) is 13.2 Å². The SMILES string of the molecule is COc1cccc2c1CC1(CCNCC1)[C@@H]2NS(=O)C(C)(C)C.O=C(O)C(F)(F)F. The number of hydrogen-bond donors (Lipinski definition) is 3. The average Bonchev–Trinajstić information content (AvgIpc) is 2.94. The highest BCUT2D eigenvalue weighted by Crippen LogP contribution is 2.53. The predicted octanol–water partition coefficient (Wildman–Crippen LogP) is 3.35. The normalized spacial score (nSPS) is 21.4. The van der Waals surface area contributed by atoms with Crippen LogP contribution in [-0.2, 0) is 22.2 Å². The highest BCUT2D eigenvalue weighted by atomic mass is 32.2. The lowest BCUT2D eigenvalue weighted by atomic mass is 9.73. The zero-order valence-electron chi connectivity index (χ0n) is 17.6. The summed E-state index contributed by atoms with van der Waals surface area (Å²) in [4.78, 5) is 8.90. The molecule has 0 aromatic heterocycles. The van der Waals surface area contributed by atoms with E-state index in [1.807, 2.05) is 32.9 Å². The van der Waals surface area contributed by atoms with Crippen molar-refractivity contribution in [1.82, 2.24) is 10.0 Å². The summed E-state index contributed by atoms with van der Waals surface area (Å²) in [7, 11) is 0.653. The van der Waals surface area contributed by atoms with E-state index >= 15 is 0 Å². The van der Waals surface area contributed by atoms with Crippen molar-refractivity contribution in [2.45, 2.75) is 57.0 Å². The molecule has 2 atom stereocenters. The number of nitrogens with one attached hydrogen (secondary N) is 2. The van der Waals surface area contributed by atoms with Crippen LogP contribution in [0.3, 0.4) is 0 Å². The van der Waals surface area contributed by atoms with Crippen LogP contribution in [0, 0.1) is 5.41 Å².